The zero-order valence-corrected chi connectivity index (χ0v) is 14.6. The molecular weight excluding hydrogens is 372 g/mol. The highest BCUT2D eigenvalue weighted by molar-refractivity contribution is 6.30. The zero-order chi connectivity index (χ0) is 19.6. The van der Waals surface area contributed by atoms with Gasteiger partial charge in [0.15, 0.2) is 0 Å². The molecule has 0 radical (unpaired) electrons. The molecule has 0 aliphatic carbocycles. The minimum absolute atomic E-state index is 0.0124. The Kier molecular flexibility index (Phi) is 4.88. The Balaban J connectivity index is 1.95. The summed E-state index contributed by atoms with van der Waals surface area (Å²) in [5.41, 5.74) is 0.418. The largest absolute Gasteiger partial charge is 0.456 e. The molecule has 2 aromatic heterocycles. The Labute approximate surface area is 157 Å². The Morgan fingerprint density at radius 2 is 2.11 bits per heavy atom. The fraction of sp³-hybridized carbons (Fsp3) is 0.0556. The van der Waals surface area contributed by atoms with Gasteiger partial charge in [0.1, 0.15) is 23.2 Å². The number of rotatable bonds is 4. The van der Waals surface area contributed by atoms with Crippen molar-refractivity contribution < 1.29 is 9.34 Å². The van der Waals surface area contributed by atoms with Gasteiger partial charge in [-0.1, -0.05) is 11.6 Å². The molecule has 3 aromatic rings. The smallest absolute Gasteiger partial charge is 0.282 e. The summed E-state index contributed by atoms with van der Waals surface area (Å²) in [7, 11) is 0. The highest BCUT2D eigenvalue weighted by atomic mass is 35.5. The normalized spacial score (nSPS) is 10.9. The predicted octanol–water partition coefficient (Wildman–Crippen LogP) is 3.94. The number of hydrogen-bond donors (Lipinski definition) is 1. The van der Waals surface area contributed by atoms with E-state index in [1.54, 1.807) is 37.3 Å². The molecule has 0 unspecified atom stereocenters. The van der Waals surface area contributed by atoms with Gasteiger partial charge >= 0.3 is 0 Å². The number of nitriles is 1. The lowest BCUT2D eigenvalue weighted by atomic mass is 10.1. The summed E-state index contributed by atoms with van der Waals surface area (Å²) in [6, 6.07) is 9.38. The summed E-state index contributed by atoms with van der Waals surface area (Å²) < 4.78 is 5.64. The van der Waals surface area contributed by atoms with Crippen LogP contribution in [0.2, 0.25) is 5.02 Å². The fourth-order valence-corrected chi connectivity index (χ4v) is 2.62. The van der Waals surface area contributed by atoms with Crippen LogP contribution in [-0.2, 0) is 0 Å². The SMILES string of the molecule is Cc1c(/C=C/c2ccc(-c3ccc(Cl)cc3[N+](=O)[O-])o2)n[nH]c(=O)c1C#N. The number of furan rings is 1. The third-order valence-corrected chi connectivity index (χ3v) is 4.07. The van der Waals surface area contributed by atoms with Gasteiger partial charge < -0.3 is 4.42 Å². The number of nitro groups is 1. The first kappa shape index (κ1) is 18.1. The minimum Gasteiger partial charge on any atom is -0.456 e. The standard InChI is InChI=1S/C18H11ClN4O4/c1-10-14(9-20)18(24)22-21-15(10)6-3-12-4-7-17(27-12)13-5-2-11(19)8-16(13)23(25)26/h2-8H,1H3,(H,22,24)/b6-3+. The molecule has 0 spiro atoms. The Morgan fingerprint density at radius 1 is 1.33 bits per heavy atom. The van der Waals surface area contributed by atoms with Gasteiger partial charge in [0.2, 0.25) is 0 Å². The molecule has 0 saturated heterocycles. The molecular formula is C18H11ClN4O4. The Bertz CT molecular complexity index is 1170. The molecule has 0 atom stereocenters. The van der Waals surface area contributed by atoms with E-state index in [0.717, 1.165) is 0 Å². The van der Waals surface area contributed by atoms with Gasteiger partial charge in [-0.15, -0.1) is 0 Å². The molecule has 134 valence electrons. The summed E-state index contributed by atoms with van der Waals surface area (Å²) >= 11 is 5.82. The van der Waals surface area contributed by atoms with Crippen LogP contribution in [0.4, 0.5) is 5.69 Å². The summed E-state index contributed by atoms with van der Waals surface area (Å²) in [4.78, 5) is 22.2. The number of benzene rings is 1. The molecule has 8 nitrogen and oxygen atoms in total. The van der Waals surface area contributed by atoms with E-state index in [2.05, 4.69) is 10.2 Å². The van der Waals surface area contributed by atoms with E-state index in [-0.39, 0.29) is 16.3 Å². The van der Waals surface area contributed by atoms with Crippen LogP contribution in [0.1, 0.15) is 22.6 Å². The van der Waals surface area contributed by atoms with Crippen LogP contribution in [0.25, 0.3) is 23.5 Å². The third kappa shape index (κ3) is 3.63. The van der Waals surface area contributed by atoms with Gasteiger partial charge in [-0.2, -0.15) is 10.4 Å². The van der Waals surface area contributed by atoms with Crippen LogP contribution in [0.5, 0.6) is 0 Å². The summed E-state index contributed by atoms with van der Waals surface area (Å²) in [6.07, 6.45) is 3.16. The second-order valence-corrected chi connectivity index (χ2v) is 5.94. The molecule has 0 saturated carbocycles. The number of nitrogens with zero attached hydrogens (tertiary/aromatic N) is 3. The molecule has 1 aromatic carbocycles. The predicted molar refractivity (Wildman–Crippen MR) is 99.0 cm³/mol. The first-order chi connectivity index (χ1) is 12.9. The molecule has 0 bridgehead atoms. The summed E-state index contributed by atoms with van der Waals surface area (Å²) in [5.74, 6) is 0.724. The molecule has 27 heavy (non-hydrogen) atoms. The lowest BCUT2D eigenvalue weighted by Gasteiger charge is -2.00. The monoisotopic (exact) mass is 382 g/mol. The minimum atomic E-state index is -0.553. The van der Waals surface area contributed by atoms with Crippen molar-refractivity contribution in [3.05, 3.63) is 78.4 Å². The average molecular weight is 383 g/mol. The molecule has 2 heterocycles. The number of H-pyrrole nitrogens is 1. The van der Waals surface area contributed by atoms with Crippen LogP contribution < -0.4 is 5.56 Å². The average Bonchev–Trinajstić information content (AvgIpc) is 3.10. The number of halogens is 1. The molecule has 3 rings (SSSR count). The maximum atomic E-state index is 11.5. The number of aromatic nitrogens is 2. The van der Waals surface area contributed by atoms with Gasteiger partial charge in [-0.25, -0.2) is 5.10 Å². The second-order valence-electron chi connectivity index (χ2n) is 5.50. The van der Waals surface area contributed by atoms with Crippen molar-refractivity contribution in [3.63, 3.8) is 0 Å². The molecule has 0 amide bonds. The quantitative estimate of drug-likeness (QED) is 0.538. The third-order valence-electron chi connectivity index (χ3n) is 3.83. The first-order valence-corrected chi connectivity index (χ1v) is 8.00. The van der Waals surface area contributed by atoms with E-state index in [9.17, 15) is 14.9 Å². The Morgan fingerprint density at radius 3 is 2.81 bits per heavy atom. The van der Waals surface area contributed by atoms with Gasteiger partial charge in [0.05, 0.1) is 16.2 Å². The van der Waals surface area contributed by atoms with Crippen molar-refractivity contribution in [1.82, 2.24) is 10.2 Å². The van der Waals surface area contributed by atoms with Gasteiger partial charge in [-0.05, 0) is 48.9 Å². The van der Waals surface area contributed by atoms with Gasteiger partial charge in [0, 0.05) is 11.1 Å². The highest BCUT2D eigenvalue weighted by Gasteiger charge is 2.18. The lowest BCUT2D eigenvalue weighted by molar-refractivity contribution is -0.384. The number of aromatic amines is 1. The Hall–Kier alpha value is -3.70. The maximum Gasteiger partial charge on any atom is 0.282 e. The molecule has 9 heteroatoms. The van der Waals surface area contributed by atoms with Crippen molar-refractivity contribution in [3.8, 4) is 17.4 Å². The van der Waals surface area contributed by atoms with E-state index < -0.39 is 10.5 Å². The van der Waals surface area contributed by atoms with E-state index >= 15 is 0 Å². The number of nitrogens with one attached hydrogen (secondary N) is 1. The molecule has 0 aliphatic heterocycles. The number of hydrogen-bond acceptors (Lipinski definition) is 6. The fourth-order valence-electron chi connectivity index (χ4n) is 2.46. The lowest BCUT2D eigenvalue weighted by Crippen LogP contribution is -2.15. The molecule has 0 fully saturated rings. The van der Waals surface area contributed by atoms with Crippen molar-refractivity contribution in [2.24, 2.45) is 0 Å². The van der Waals surface area contributed by atoms with Crippen LogP contribution >= 0.6 is 11.6 Å². The van der Waals surface area contributed by atoms with Crippen LogP contribution in [0, 0.1) is 28.4 Å². The first-order valence-electron chi connectivity index (χ1n) is 7.62. The van der Waals surface area contributed by atoms with E-state index in [0.29, 0.717) is 28.3 Å². The van der Waals surface area contributed by atoms with Crippen LogP contribution in [0.15, 0.2) is 39.5 Å². The molecule has 1 N–H and O–H groups in total. The second kappa shape index (κ2) is 7.27. The van der Waals surface area contributed by atoms with E-state index in [1.807, 2.05) is 6.07 Å². The topological polar surface area (TPSA) is 126 Å². The maximum absolute atomic E-state index is 11.5. The van der Waals surface area contributed by atoms with Gasteiger partial charge in [0.25, 0.3) is 11.2 Å². The molecule has 0 aliphatic rings. The highest BCUT2D eigenvalue weighted by Crippen LogP contribution is 2.33. The summed E-state index contributed by atoms with van der Waals surface area (Å²) in [6.45, 7) is 1.62. The van der Waals surface area contributed by atoms with Crippen molar-refractivity contribution in [1.29, 1.82) is 5.26 Å². The zero-order valence-electron chi connectivity index (χ0n) is 13.9. The van der Waals surface area contributed by atoms with E-state index in [1.165, 1.54) is 12.1 Å². The van der Waals surface area contributed by atoms with Crippen LogP contribution in [0.3, 0.4) is 0 Å². The van der Waals surface area contributed by atoms with Crippen molar-refractivity contribution in [2.75, 3.05) is 0 Å². The van der Waals surface area contributed by atoms with E-state index in [4.69, 9.17) is 21.3 Å². The van der Waals surface area contributed by atoms with Crippen molar-refractivity contribution in [2.45, 2.75) is 6.92 Å². The summed E-state index contributed by atoms with van der Waals surface area (Å²) in [5, 5.41) is 26.6. The van der Waals surface area contributed by atoms with Crippen molar-refractivity contribution >= 4 is 29.4 Å². The van der Waals surface area contributed by atoms with Gasteiger partial charge in [-0.3, -0.25) is 14.9 Å². The number of nitro benzene ring substituents is 1. The van der Waals surface area contributed by atoms with Crippen LogP contribution in [-0.4, -0.2) is 15.1 Å².